The van der Waals surface area contributed by atoms with E-state index in [-0.39, 0.29) is 6.04 Å². The van der Waals surface area contributed by atoms with Gasteiger partial charge in [0, 0.05) is 5.56 Å². The van der Waals surface area contributed by atoms with Crippen LogP contribution in [0.1, 0.15) is 18.5 Å². The number of nitrogens with zero attached hydrogens (tertiary/aromatic N) is 1. The maximum absolute atomic E-state index is 5.86. The molecule has 1 atom stereocenters. The Morgan fingerprint density at radius 1 is 1.17 bits per heavy atom. The van der Waals surface area contributed by atoms with Crippen LogP contribution in [0.25, 0.3) is 0 Å². The van der Waals surface area contributed by atoms with E-state index in [2.05, 4.69) is 17.2 Å². The Morgan fingerprint density at radius 3 is 2.67 bits per heavy atom. The zero-order chi connectivity index (χ0) is 13.0. The van der Waals surface area contributed by atoms with Crippen molar-refractivity contribution in [1.29, 1.82) is 0 Å². The van der Waals surface area contributed by atoms with Gasteiger partial charge in [0.1, 0.15) is 16.7 Å². The van der Waals surface area contributed by atoms with Crippen LogP contribution in [0.2, 0.25) is 5.15 Å². The molecule has 1 unspecified atom stereocenters. The Morgan fingerprint density at radius 2 is 1.94 bits per heavy atom. The van der Waals surface area contributed by atoms with E-state index >= 15 is 0 Å². The number of rotatable bonds is 4. The van der Waals surface area contributed by atoms with E-state index in [0.29, 0.717) is 5.15 Å². The number of benzene rings is 1. The number of aromatic nitrogens is 1. The van der Waals surface area contributed by atoms with Gasteiger partial charge in [-0.15, -0.1) is 0 Å². The molecule has 0 aliphatic carbocycles. The normalized spacial score (nSPS) is 11.9. The number of hydrogen-bond acceptors (Lipinski definition) is 3. The Bertz CT molecular complexity index is 531. The number of nitrogens with one attached hydrogen (secondary N) is 1. The number of methoxy groups -OCH3 is 1. The van der Waals surface area contributed by atoms with Crippen molar-refractivity contribution < 1.29 is 4.74 Å². The van der Waals surface area contributed by atoms with E-state index in [1.807, 2.05) is 36.4 Å². The zero-order valence-electron chi connectivity index (χ0n) is 10.4. The number of ether oxygens (including phenoxy) is 1. The average molecular weight is 263 g/mol. The van der Waals surface area contributed by atoms with E-state index in [0.717, 1.165) is 17.1 Å². The molecule has 1 N–H and O–H groups in total. The minimum atomic E-state index is 0.0899. The molecule has 94 valence electrons. The van der Waals surface area contributed by atoms with Crippen LogP contribution >= 0.6 is 11.6 Å². The summed E-state index contributed by atoms with van der Waals surface area (Å²) in [7, 11) is 1.67. The topological polar surface area (TPSA) is 34.1 Å². The highest BCUT2D eigenvalue weighted by Gasteiger charge is 2.10. The van der Waals surface area contributed by atoms with Crippen molar-refractivity contribution in [2.75, 3.05) is 12.4 Å². The molecule has 0 bridgehead atoms. The van der Waals surface area contributed by atoms with Crippen molar-refractivity contribution in [2.45, 2.75) is 13.0 Å². The maximum atomic E-state index is 5.86. The van der Waals surface area contributed by atoms with Gasteiger partial charge in [-0.3, -0.25) is 0 Å². The standard InChI is InChI=1S/C14H15ClN2O/c1-10(11-6-3-4-7-12(11)18-2)16-14-9-5-8-13(15)17-14/h3-10H,1-2H3,(H,16,17). The van der Waals surface area contributed by atoms with Gasteiger partial charge < -0.3 is 10.1 Å². The third-order valence-corrected chi connectivity index (χ3v) is 2.90. The largest absolute Gasteiger partial charge is 0.496 e. The van der Waals surface area contributed by atoms with E-state index < -0.39 is 0 Å². The van der Waals surface area contributed by atoms with Gasteiger partial charge in [-0.1, -0.05) is 35.9 Å². The third-order valence-electron chi connectivity index (χ3n) is 2.68. The van der Waals surface area contributed by atoms with E-state index in [9.17, 15) is 0 Å². The molecule has 1 aromatic heterocycles. The second kappa shape index (κ2) is 5.74. The molecular weight excluding hydrogens is 248 g/mol. The van der Waals surface area contributed by atoms with Crippen molar-refractivity contribution in [3.63, 3.8) is 0 Å². The van der Waals surface area contributed by atoms with Crippen LogP contribution in [0.3, 0.4) is 0 Å². The van der Waals surface area contributed by atoms with Crippen molar-refractivity contribution >= 4 is 17.4 Å². The molecule has 4 heteroatoms. The number of hydrogen-bond donors (Lipinski definition) is 1. The molecule has 2 rings (SSSR count). The van der Waals surface area contributed by atoms with E-state index in [1.165, 1.54) is 0 Å². The molecule has 0 fully saturated rings. The molecule has 1 aromatic carbocycles. The predicted molar refractivity (Wildman–Crippen MR) is 74.3 cm³/mol. The summed E-state index contributed by atoms with van der Waals surface area (Å²) in [5.41, 5.74) is 1.08. The molecule has 0 amide bonds. The van der Waals surface area contributed by atoms with Gasteiger partial charge in [0.15, 0.2) is 0 Å². The molecule has 0 saturated heterocycles. The number of anilines is 1. The summed E-state index contributed by atoms with van der Waals surface area (Å²) in [6, 6.07) is 13.5. The van der Waals surface area contributed by atoms with Gasteiger partial charge in [0.25, 0.3) is 0 Å². The lowest BCUT2D eigenvalue weighted by atomic mass is 10.1. The summed E-state index contributed by atoms with van der Waals surface area (Å²) in [6.07, 6.45) is 0. The van der Waals surface area contributed by atoms with E-state index in [1.54, 1.807) is 13.2 Å². The molecule has 18 heavy (non-hydrogen) atoms. The molecular formula is C14H15ClN2O. The molecule has 0 radical (unpaired) electrons. The highest BCUT2D eigenvalue weighted by Crippen LogP contribution is 2.27. The van der Waals surface area contributed by atoms with Crippen molar-refractivity contribution in [3.8, 4) is 5.75 Å². The van der Waals surface area contributed by atoms with Gasteiger partial charge in [0.05, 0.1) is 13.2 Å². The van der Waals surface area contributed by atoms with Gasteiger partial charge in [-0.2, -0.15) is 0 Å². The summed E-state index contributed by atoms with van der Waals surface area (Å²) >= 11 is 5.86. The Kier molecular flexibility index (Phi) is 4.05. The summed E-state index contributed by atoms with van der Waals surface area (Å²) < 4.78 is 5.34. The van der Waals surface area contributed by atoms with Crippen molar-refractivity contribution in [2.24, 2.45) is 0 Å². The molecule has 0 aliphatic rings. The second-order valence-electron chi connectivity index (χ2n) is 3.95. The fourth-order valence-corrected chi connectivity index (χ4v) is 1.98. The second-order valence-corrected chi connectivity index (χ2v) is 4.34. The molecule has 0 saturated carbocycles. The SMILES string of the molecule is COc1ccccc1C(C)Nc1cccc(Cl)n1. The maximum Gasteiger partial charge on any atom is 0.131 e. The first-order chi connectivity index (χ1) is 8.70. The highest BCUT2D eigenvalue weighted by molar-refractivity contribution is 6.29. The van der Waals surface area contributed by atoms with E-state index in [4.69, 9.17) is 16.3 Å². The van der Waals surface area contributed by atoms with Crippen LogP contribution in [0.15, 0.2) is 42.5 Å². The van der Waals surface area contributed by atoms with Crippen LogP contribution in [0, 0.1) is 0 Å². The lowest BCUT2D eigenvalue weighted by Crippen LogP contribution is -2.09. The summed E-state index contributed by atoms with van der Waals surface area (Å²) in [4.78, 5) is 4.21. The van der Waals surface area contributed by atoms with Crippen molar-refractivity contribution in [3.05, 3.63) is 53.2 Å². The monoisotopic (exact) mass is 262 g/mol. The fourth-order valence-electron chi connectivity index (χ4n) is 1.81. The summed E-state index contributed by atoms with van der Waals surface area (Å²) in [6.45, 7) is 2.06. The average Bonchev–Trinajstić information content (AvgIpc) is 2.38. The molecule has 0 aliphatic heterocycles. The summed E-state index contributed by atoms with van der Waals surface area (Å²) in [5, 5.41) is 3.78. The number of halogens is 1. The smallest absolute Gasteiger partial charge is 0.131 e. The lowest BCUT2D eigenvalue weighted by Gasteiger charge is -2.17. The van der Waals surface area contributed by atoms with Gasteiger partial charge in [0.2, 0.25) is 0 Å². The highest BCUT2D eigenvalue weighted by atomic mass is 35.5. The minimum Gasteiger partial charge on any atom is -0.496 e. The number of para-hydroxylation sites is 1. The molecule has 3 nitrogen and oxygen atoms in total. The Hall–Kier alpha value is -1.74. The van der Waals surface area contributed by atoms with Crippen LogP contribution in [0.4, 0.5) is 5.82 Å². The first-order valence-electron chi connectivity index (χ1n) is 5.72. The summed E-state index contributed by atoms with van der Waals surface area (Å²) in [5.74, 6) is 1.61. The van der Waals surface area contributed by atoms with Crippen LogP contribution in [-0.4, -0.2) is 12.1 Å². The quantitative estimate of drug-likeness (QED) is 0.848. The first-order valence-corrected chi connectivity index (χ1v) is 6.10. The molecule has 1 heterocycles. The van der Waals surface area contributed by atoms with Crippen LogP contribution in [0.5, 0.6) is 5.75 Å². The minimum absolute atomic E-state index is 0.0899. The Labute approximate surface area is 112 Å². The third kappa shape index (κ3) is 2.93. The Balaban J connectivity index is 2.19. The molecule has 0 spiro atoms. The molecule has 2 aromatic rings. The van der Waals surface area contributed by atoms with Gasteiger partial charge in [-0.05, 0) is 25.1 Å². The fraction of sp³-hybridized carbons (Fsp3) is 0.214. The number of pyridine rings is 1. The van der Waals surface area contributed by atoms with Gasteiger partial charge >= 0.3 is 0 Å². The predicted octanol–water partition coefficient (Wildman–Crippen LogP) is 3.92. The lowest BCUT2D eigenvalue weighted by molar-refractivity contribution is 0.408. The van der Waals surface area contributed by atoms with Crippen LogP contribution < -0.4 is 10.1 Å². The first kappa shape index (κ1) is 12.7. The zero-order valence-corrected chi connectivity index (χ0v) is 11.1. The van der Waals surface area contributed by atoms with Gasteiger partial charge in [-0.25, -0.2) is 4.98 Å². The van der Waals surface area contributed by atoms with Crippen molar-refractivity contribution in [1.82, 2.24) is 4.98 Å². The van der Waals surface area contributed by atoms with Crippen LogP contribution in [-0.2, 0) is 0 Å².